The van der Waals surface area contributed by atoms with Crippen LogP contribution in [-0.4, -0.2) is 38.7 Å². The first-order chi connectivity index (χ1) is 11.1. The molecular formula is C16H17ClN4OS. The van der Waals surface area contributed by atoms with Crippen molar-refractivity contribution in [3.8, 4) is 18.0 Å². The van der Waals surface area contributed by atoms with Gasteiger partial charge in [0.15, 0.2) is 5.15 Å². The minimum Gasteiger partial charge on any atom is -0.295 e. The fraction of sp³-hybridized carbons (Fsp3) is 0.312. The van der Waals surface area contributed by atoms with E-state index in [1.54, 1.807) is 29.3 Å². The zero-order valence-electron chi connectivity index (χ0n) is 12.9. The smallest absolute Gasteiger partial charge is 0.241 e. The van der Waals surface area contributed by atoms with E-state index in [4.69, 9.17) is 18.0 Å². The van der Waals surface area contributed by atoms with Crippen LogP contribution in [0.2, 0.25) is 5.15 Å². The summed E-state index contributed by atoms with van der Waals surface area (Å²) in [5.74, 6) is 2.45. The predicted molar refractivity (Wildman–Crippen MR) is 95.1 cm³/mol. The number of thioether (sulfide) groups is 1. The Kier molecular flexibility index (Phi) is 6.08. The minimum atomic E-state index is -0.166. The van der Waals surface area contributed by atoms with Crippen molar-refractivity contribution < 1.29 is 4.79 Å². The zero-order valence-corrected chi connectivity index (χ0v) is 14.5. The van der Waals surface area contributed by atoms with Gasteiger partial charge < -0.3 is 0 Å². The molecule has 1 atom stereocenters. The van der Waals surface area contributed by atoms with Crippen molar-refractivity contribution in [1.29, 1.82) is 0 Å². The molecule has 0 spiro atoms. The average Bonchev–Trinajstić information content (AvgIpc) is 2.96. The van der Waals surface area contributed by atoms with Crippen molar-refractivity contribution in [3.63, 3.8) is 0 Å². The lowest BCUT2D eigenvalue weighted by Gasteiger charge is -2.23. The Morgan fingerprint density at radius 3 is 2.96 bits per heavy atom. The van der Waals surface area contributed by atoms with Crippen molar-refractivity contribution in [2.24, 2.45) is 0 Å². The molecule has 120 valence electrons. The van der Waals surface area contributed by atoms with Crippen LogP contribution in [0.1, 0.15) is 13.3 Å². The number of aromatic nitrogens is 3. The number of pyridine rings is 1. The van der Waals surface area contributed by atoms with E-state index >= 15 is 0 Å². The van der Waals surface area contributed by atoms with Gasteiger partial charge in [0.1, 0.15) is 5.69 Å². The molecule has 0 aliphatic carbocycles. The highest BCUT2D eigenvalue weighted by atomic mass is 35.5. The first-order valence-corrected chi connectivity index (χ1v) is 8.72. The minimum absolute atomic E-state index is 0.0643. The third-order valence-corrected chi connectivity index (χ3v) is 4.67. The molecule has 0 radical (unpaired) electrons. The largest absolute Gasteiger partial charge is 0.295 e. The normalized spacial score (nSPS) is 11.7. The van der Waals surface area contributed by atoms with Gasteiger partial charge in [0.05, 0.1) is 29.9 Å². The molecule has 23 heavy (non-hydrogen) atoms. The van der Waals surface area contributed by atoms with Gasteiger partial charge in [0.2, 0.25) is 5.91 Å². The molecule has 2 heterocycles. The number of terminal acetylenes is 1. The lowest BCUT2D eigenvalue weighted by Crippen LogP contribution is -2.38. The van der Waals surface area contributed by atoms with Gasteiger partial charge in [0, 0.05) is 6.20 Å². The lowest BCUT2D eigenvalue weighted by molar-refractivity contribution is -0.118. The molecule has 0 saturated carbocycles. The monoisotopic (exact) mass is 348 g/mol. The summed E-state index contributed by atoms with van der Waals surface area (Å²) in [4.78, 5) is 18.3. The molecule has 0 N–H and O–H groups in total. The second-order valence-electron chi connectivity index (χ2n) is 4.72. The third-order valence-electron chi connectivity index (χ3n) is 3.30. The summed E-state index contributed by atoms with van der Waals surface area (Å²) in [7, 11) is 0. The number of hydrogen-bond donors (Lipinski definition) is 0. The summed E-state index contributed by atoms with van der Waals surface area (Å²) in [6, 6.07) is 3.65. The molecule has 0 bridgehead atoms. The summed E-state index contributed by atoms with van der Waals surface area (Å²) >= 11 is 7.73. The van der Waals surface area contributed by atoms with Crippen LogP contribution in [0, 0.1) is 12.3 Å². The molecule has 0 aliphatic rings. The summed E-state index contributed by atoms with van der Waals surface area (Å²) in [6.07, 6.45) is 13.1. The molecule has 1 unspecified atom stereocenters. The van der Waals surface area contributed by atoms with Gasteiger partial charge in [-0.1, -0.05) is 24.4 Å². The van der Waals surface area contributed by atoms with E-state index in [-0.39, 0.29) is 22.9 Å². The molecule has 5 nitrogen and oxygen atoms in total. The fourth-order valence-corrected chi connectivity index (χ4v) is 3.03. The van der Waals surface area contributed by atoms with Crippen molar-refractivity contribution in [3.05, 3.63) is 35.9 Å². The van der Waals surface area contributed by atoms with Gasteiger partial charge in [-0.2, -0.15) is 16.9 Å². The predicted octanol–water partition coefficient (Wildman–Crippen LogP) is 3.03. The summed E-state index contributed by atoms with van der Waals surface area (Å²) in [5, 5.41) is 4.31. The van der Waals surface area contributed by atoms with Crippen LogP contribution in [0.15, 0.2) is 30.7 Å². The second kappa shape index (κ2) is 8.04. The molecule has 0 fully saturated rings. The van der Waals surface area contributed by atoms with Crippen LogP contribution in [-0.2, 0) is 4.79 Å². The van der Waals surface area contributed by atoms with Crippen molar-refractivity contribution >= 4 is 35.0 Å². The Bertz CT molecular complexity index is 707. The SMILES string of the molecule is C#CCN(C(=O)C(CC)SC)c1cn(-c2cccnc2)nc1Cl. The number of carbonyl (C=O) groups is 1. The first kappa shape index (κ1) is 17.4. The molecule has 2 aromatic rings. The quantitative estimate of drug-likeness (QED) is 0.753. The molecule has 0 aromatic carbocycles. The number of amides is 1. The number of hydrogen-bond acceptors (Lipinski definition) is 4. The van der Waals surface area contributed by atoms with E-state index in [1.165, 1.54) is 16.7 Å². The maximum absolute atomic E-state index is 12.7. The third kappa shape index (κ3) is 3.87. The Morgan fingerprint density at radius 2 is 2.39 bits per heavy atom. The topological polar surface area (TPSA) is 51.0 Å². The van der Waals surface area contributed by atoms with Crippen molar-refractivity contribution in [2.75, 3.05) is 17.7 Å². The highest BCUT2D eigenvalue weighted by molar-refractivity contribution is 7.99. The second-order valence-corrected chi connectivity index (χ2v) is 6.12. The Hall–Kier alpha value is -1.97. The highest BCUT2D eigenvalue weighted by Crippen LogP contribution is 2.28. The first-order valence-electron chi connectivity index (χ1n) is 7.05. The molecule has 0 saturated heterocycles. The maximum atomic E-state index is 12.7. The van der Waals surface area contributed by atoms with Gasteiger partial charge in [0.25, 0.3) is 0 Å². The van der Waals surface area contributed by atoms with E-state index in [0.29, 0.717) is 5.69 Å². The van der Waals surface area contributed by atoms with Crippen LogP contribution < -0.4 is 4.90 Å². The fourth-order valence-electron chi connectivity index (χ4n) is 2.14. The number of nitrogens with zero attached hydrogens (tertiary/aromatic N) is 4. The van der Waals surface area contributed by atoms with E-state index in [1.807, 2.05) is 19.2 Å². The van der Waals surface area contributed by atoms with E-state index in [0.717, 1.165) is 12.1 Å². The van der Waals surface area contributed by atoms with E-state index < -0.39 is 0 Å². The molecule has 2 rings (SSSR count). The Balaban J connectivity index is 2.39. The maximum Gasteiger partial charge on any atom is 0.241 e. The van der Waals surface area contributed by atoms with Crippen molar-refractivity contribution in [2.45, 2.75) is 18.6 Å². The number of carbonyl (C=O) groups excluding carboxylic acids is 1. The van der Waals surface area contributed by atoms with Gasteiger partial charge in [-0.15, -0.1) is 6.42 Å². The van der Waals surface area contributed by atoms with Crippen LogP contribution in [0.3, 0.4) is 0 Å². The van der Waals surface area contributed by atoms with Gasteiger partial charge >= 0.3 is 0 Å². The van der Waals surface area contributed by atoms with Crippen LogP contribution in [0.5, 0.6) is 0 Å². The molecule has 7 heteroatoms. The molecule has 0 aliphatic heterocycles. The van der Waals surface area contributed by atoms with Crippen LogP contribution in [0.4, 0.5) is 5.69 Å². The van der Waals surface area contributed by atoms with Crippen LogP contribution in [0.25, 0.3) is 5.69 Å². The highest BCUT2D eigenvalue weighted by Gasteiger charge is 2.26. The van der Waals surface area contributed by atoms with Gasteiger partial charge in [-0.3, -0.25) is 14.7 Å². The average molecular weight is 349 g/mol. The van der Waals surface area contributed by atoms with Gasteiger partial charge in [-0.05, 0) is 24.8 Å². The summed E-state index contributed by atoms with van der Waals surface area (Å²) < 4.78 is 1.58. The summed E-state index contributed by atoms with van der Waals surface area (Å²) in [6.45, 7) is 2.11. The Morgan fingerprint density at radius 1 is 1.61 bits per heavy atom. The molecular weight excluding hydrogens is 332 g/mol. The molecule has 1 amide bonds. The summed E-state index contributed by atoms with van der Waals surface area (Å²) in [5.41, 5.74) is 1.26. The number of anilines is 1. The van der Waals surface area contributed by atoms with E-state index in [2.05, 4.69) is 16.0 Å². The van der Waals surface area contributed by atoms with E-state index in [9.17, 15) is 4.79 Å². The lowest BCUT2D eigenvalue weighted by atomic mass is 10.2. The van der Waals surface area contributed by atoms with Crippen molar-refractivity contribution in [1.82, 2.24) is 14.8 Å². The number of rotatable bonds is 6. The van der Waals surface area contributed by atoms with Crippen LogP contribution >= 0.6 is 23.4 Å². The molecule has 2 aromatic heterocycles. The standard InChI is InChI=1S/C16H17ClN4OS/c1-4-9-20(16(22)14(5-2)23-3)13-11-21(19-15(13)17)12-7-6-8-18-10-12/h1,6-8,10-11,14H,5,9H2,2-3H3. The van der Waals surface area contributed by atoms with Gasteiger partial charge in [-0.25, -0.2) is 4.68 Å². The zero-order chi connectivity index (χ0) is 16.8. The number of halogens is 1. The Labute approximate surface area is 145 Å².